The number of aromatic nitrogens is 2. The van der Waals surface area contributed by atoms with Crippen LogP contribution in [-0.4, -0.2) is 47.6 Å². The topological polar surface area (TPSA) is 167 Å². The van der Waals surface area contributed by atoms with Gasteiger partial charge in [-0.2, -0.15) is 0 Å². The minimum atomic E-state index is -4.32. The van der Waals surface area contributed by atoms with Gasteiger partial charge < -0.3 is 14.0 Å². The number of para-hydroxylation sites is 1. The Labute approximate surface area is 275 Å². The first-order valence-corrected chi connectivity index (χ1v) is 18.0. The highest BCUT2D eigenvalue weighted by Crippen LogP contribution is 2.52. The number of halogens is 1. The predicted octanol–water partition coefficient (Wildman–Crippen LogP) is 8.01. The summed E-state index contributed by atoms with van der Waals surface area (Å²) in [5, 5.41) is 3.99. The molecule has 0 amide bonds. The number of aryl methyl sites for hydroxylation is 1. The maximum Gasteiger partial charge on any atom is 0.530 e. The molecule has 0 spiro atoms. The summed E-state index contributed by atoms with van der Waals surface area (Å²) in [6.07, 6.45) is 11.3. The number of azide groups is 1. The molecule has 3 rings (SSSR count). The zero-order valence-corrected chi connectivity index (χ0v) is 28.6. The molecule has 2 aromatic rings. The van der Waals surface area contributed by atoms with E-state index in [2.05, 4.69) is 21.9 Å². The number of nitrogens with zero attached hydrogens (tertiary/aromatic N) is 4. The number of unbranched alkanes of at least 4 members (excludes halogenated alkanes) is 9. The van der Waals surface area contributed by atoms with Crippen LogP contribution in [0.1, 0.15) is 96.3 Å². The summed E-state index contributed by atoms with van der Waals surface area (Å²) in [6, 6.07) is 5.70. The van der Waals surface area contributed by atoms with Crippen LogP contribution in [0.4, 0.5) is 0 Å². The molecule has 2 heterocycles. The molecule has 13 nitrogen and oxygen atoms in total. The van der Waals surface area contributed by atoms with Crippen molar-refractivity contribution in [1.82, 2.24) is 9.55 Å². The van der Waals surface area contributed by atoms with Gasteiger partial charge in [0.2, 0.25) is 0 Å². The van der Waals surface area contributed by atoms with Gasteiger partial charge in [0.25, 0.3) is 5.56 Å². The molecule has 1 aromatic heterocycles. The molecule has 0 radical (unpaired) electrons. The molecule has 256 valence electrons. The van der Waals surface area contributed by atoms with Gasteiger partial charge in [0.1, 0.15) is 12.0 Å². The second-order valence-corrected chi connectivity index (χ2v) is 13.5. The fourth-order valence-corrected chi connectivity index (χ4v) is 6.71. The lowest BCUT2D eigenvalue weighted by atomic mass is 10.1. The van der Waals surface area contributed by atoms with Crippen LogP contribution in [0, 0.1) is 6.92 Å². The van der Waals surface area contributed by atoms with E-state index < -0.39 is 43.5 Å². The minimum Gasteiger partial charge on any atom is -0.402 e. The van der Waals surface area contributed by atoms with Crippen molar-refractivity contribution in [2.24, 2.45) is 5.11 Å². The second kappa shape index (κ2) is 19.9. The summed E-state index contributed by atoms with van der Waals surface area (Å²) < 4.78 is 44.1. The Bertz CT molecular complexity index is 1430. The van der Waals surface area contributed by atoms with Gasteiger partial charge in [-0.15, -0.1) is 0 Å². The lowest BCUT2D eigenvalue weighted by Crippen LogP contribution is -2.33. The third-order valence-electron chi connectivity index (χ3n) is 7.61. The largest absolute Gasteiger partial charge is 0.530 e. The quantitative estimate of drug-likeness (QED) is 0.0428. The van der Waals surface area contributed by atoms with Crippen LogP contribution in [0.3, 0.4) is 0 Å². The number of nitrogens with one attached hydrogen (secondary N) is 1. The molecule has 1 unspecified atom stereocenters. The molecule has 1 saturated heterocycles. The van der Waals surface area contributed by atoms with Gasteiger partial charge in [0.05, 0.1) is 36.5 Å². The normalized spacial score (nSPS) is 19.8. The minimum absolute atomic E-state index is 0.0954. The number of benzene rings is 1. The van der Waals surface area contributed by atoms with Crippen molar-refractivity contribution in [2.45, 2.75) is 116 Å². The molecule has 0 bridgehead atoms. The molecule has 46 heavy (non-hydrogen) atoms. The van der Waals surface area contributed by atoms with Crippen LogP contribution in [0.15, 0.2) is 45.2 Å². The van der Waals surface area contributed by atoms with E-state index in [4.69, 9.17) is 40.2 Å². The van der Waals surface area contributed by atoms with Crippen LogP contribution in [0.25, 0.3) is 10.4 Å². The van der Waals surface area contributed by atoms with E-state index in [9.17, 15) is 14.2 Å². The Morgan fingerprint density at radius 2 is 1.80 bits per heavy atom. The van der Waals surface area contributed by atoms with E-state index in [0.29, 0.717) is 12.2 Å². The van der Waals surface area contributed by atoms with E-state index in [1.165, 1.54) is 68.2 Å². The van der Waals surface area contributed by atoms with E-state index >= 15 is 0 Å². The molecular weight excluding hydrogens is 637 g/mol. The lowest BCUT2D eigenvalue weighted by Gasteiger charge is -2.24. The van der Waals surface area contributed by atoms with Crippen molar-refractivity contribution in [3.8, 4) is 5.75 Å². The van der Waals surface area contributed by atoms with Crippen molar-refractivity contribution in [2.75, 3.05) is 19.8 Å². The smallest absolute Gasteiger partial charge is 0.402 e. The molecule has 1 aromatic carbocycles. The van der Waals surface area contributed by atoms with Gasteiger partial charge in [-0.25, -0.2) is 9.36 Å². The van der Waals surface area contributed by atoms with Crippen molar-refractivity contribution >= 4 is 19.4 Å². The monoisotopic (exact) mass is 683 g/mol. The summed E-state index contributed by atoms with van der Waals surface area (Å²) in [4.78, 5) is 29.4. The average Bonchev–Trinajstić information content (AvgIpc) is 3.42. The van der Waals surface area contributed by atoms with Crippen molar-refractivity contribution in [1.29, 1.82) is 0 Å². The van der Waals surface area contributed by atoms with Gasteiger partial charge >= 0.3 is 13.5 Å². The fraction of sp³-hybridized carbons (Fsp3) is 0.677. The van der Waals surface area contributed by atoms with Crippen LogP contribution in [-0.2, 0) is 23.1 Å². The fourth-order valence-electron chi connectivity index (χ4n) is 5.10. The first kappa shape index (κ1) is 37.8. The first-order valence-electron chi connectivity index (χ1n) is 16.1. The third kappa shape index (κ3) is 12.5. The number of hydrogen-bond donors (Lipinski definition) is 1. The SMILES string of the molecule is CCCCCCCCCCCCOC[C@H](C)OP(=O)(OC[C@H]1O[C@@H](n2cc(C)c(=O)[nH]c2=O)C[C@@H]1N=[N+]=[N-])Oc1ccccc1Cl. The zero-order chi connectivity index (χ0) is 33.4. The first-order chi connectivity index (χ1) is 22.2. The Hall–Kier alpha value is -2.63. The van der Waals surface area contributed by atoms with Crippen molar-refractivity contribution in [3.63, 3.8) is 0 Å². The molecule has 5 atom stereocenters. The standard InChI is InChI=1S/C31H47ClN5O8P/c1-4-5-6-7-8-9-10-11-12-15-18-41-21-24(3)44-46(40,45-27-17-14-13-16-25(27)32)42-22-28-26(35-36-33)19-29(43-28)37-20-23(2)30(38)34-31(37)39/h13-14,16-17,20,24,26,28-29H,4-12,15,18-19,21-22H2,1-3H3,(H,34,38,39)/t24-,26-,28+,29+,46?/m0/s1. The summed E-state index contributed by atoms with van der Waals surface area (Å²) in [7, 11) is -4.32. The van der Waals surface area contributed by atoms with E-state index in [1.807, 2.05) is 0 Å². The average molecular weight is 684 g/mol. The van der Waals surface area contributed by atoms with E-state index in [0.717, 1.165) is 12.8 Å². The summed E-state index contributed by atoms with van der Waals surface area (Å²) in [5.41, 5.74) is 8.25. The Balaban J connectivity index is 1.55. The number of phosphoric acid groups is 1. The van der Waals surface area contributed by atoms with Gasteiger partial charge in [-0.05, 0) is 37.9 Å². The number of ether oxygens (including phenoxy) is 2. The van der Waals surface area contributed by atoms with Crippen molar-refractivity contribution in [3.05, 3.63) is 72.3 Å². The number of H-pyrrole nitrogens is 1. The lowest BCUT2D eigenvalue weighted by molar-refractivity contribution is -0.0318. The van der Waals surface area contributed by atoms with E-state index in [1.54, 1.807) is 32.0 Å². The number of rotatable bonds is 22. The highest BCUT2D eigenvalue weighted by atomic mass is 35.5. The molecule has 1 aliphatic rings. The van der Waals surface area contributed by atoms with Gasteiger partial charge in [0.15, 0.2) is 0 Å². The zero-order valence-electron chi connectivity index (χ0n) is 27.0. The number of hydrogen-bond acceptors (Lipinski definition) is 9. The van der Waals surface area contributed by atoms with Crippen LogP contribution in [0.5, 0.6) is 5.75 Å². The Morgan fingerprint density at radius 3 is 2.48 bits per heavy atom. The maximum atomic E-state index is 13.9. The summed E-state index contributed by atoms with van der Waals surface area (Å²) >= 11 is 6.26. The number of aromatic amines is 1. The van der Waals surface area contributed by atoms with Crippen LogP contribution >= 0.6 is 19.4 Å². The van der Waals surface area contributed by atoms with Crippen LogP contribution in [0.2, 0.25) is 5.02 Å². The van der Waals surface area contributed by atoms with Crippen molar-refractivity contribution < 1.29 is 27.6 Å². The molecule has 0 saturated carbocycles. The third-order valence-corrected chi connectivity index (χ3v) is 9.42. The highest BCUT2D eigenvalue weighted by Gasteiger charge is 2.40. The van der Waals surface area contributed by atoms with E-state index in [-0.39, 0.29) is 30.4 Å². The Morgan fingerprint density at radius 1 is 1.13 bits per heavy atom. The molecular formula is C31H47ClN5O8P. The molecule has 1 N–H and O–H groups in total. The molecule has 15 heteroatoms. The molecule has 1 aliphatic heterocycles. The predicted molar refractivity (Wildman–Crippen MR) is 176 cm³/mol. The van der Waals surface area contributed by atoms with Gasteiger partial charge in [-0.3, -0.25) is 23.4 Å². The Kier molecular flexibility index (Phi) is 16.4. The van der Waals surface area contributed by atoms with Crippen LogP contribution < -0.4 is 15.8 Å². The molecule has 0 aliphatic carbocycles. The second-order valence-electron chi connectivity index (χ2n) is 11.6. The van der Waals surface area contributed by atoms with Gasteiger partial charge in [-0.1, -0.05) is 93.6 Å². The highest BCUT2D eigenvalue weighted by molar-refractivity contribution is 7.49. The number of phosphoric ester groups is 1. The maximum absolute atomic E-state index is 13.9. The summed E-state index contributed by atoms with van der Waals surface area (Å²) in [6.45, 7) is 5.83. The van der Waals surface area contributed by atoms with Gasteiger partial charge in [0, 0.05) is 29.7 Å². The summed E-state index contributed by atoms with van der Waals surface area (Å²) in [5.74, 6) is 0.0954. The molecule has 1 fully saturated rings.